The summed E-state index contributed by atoms with van der Waals surface area (Å²) in [5, 5.41) is 13.1. The van der Waals surface area contributed by atoms with Crippen molar-refractivity contribution in [3.05, 3.63) is 35.4 Å². The largest absolute Gasteiger partial charge is 0.390 e. The molecule has 2 atom stereocenters. The van der Waals surface area contributed by atoms with Crippen molar-refractivity contribution < 1.29 is 5.11 Å². The predicted molar refractivity (Wildman–Crippen MR) is 69.9 cm³/mol. The van der Waals surface area contributed by atoms with E-state index in [0.717, 1.165) is 19.6 Å². The Morgan fingerprint density at radius 3 is 2.71 bits per heavy atom. The Kier molecular flexibility index (Phi) is 4.15. The maximum absolute atomic E-state index is 9.80. The van der Waals surface area contributed by atoms with Crippen molar-refractivity contribution in [2.45, 2.75) is 32.5 Å². The van der Waals surface area contributed by atoms with Gasteiger partial charge in [-0.2, -0.15) is 0 Å². The zero-order valence-electron chi connectivity index (χ0n) is 10.7. The van der Waals surface area contributed by atoms with Crippen LogP contribution in [0.15, 0.2) is 24.3 Å². The molecule has 2 rings (SSSR count). The van der Waals surface area contributed by atoms with Crippen LogP contribution in [-0.2, 0) is 6.54 Å². The van der Waals surface area contributed by atoms with Crippen LogP contribution in [0.1, 0.15) is 18.1 Å². The number of β-amino-alcohol motifs (C(OH)–C–C–N with tert-alkyl or cyclic N) is 1. The number of hydrogen-bond donors (Lipinski definition) is 2. The fraction of sp³-hybridized carbons (Fsp3) is 0.571. The van der Waals surface area contributed by atoms with E-state index in [1.54, 1.807) is 0 Å². The SMILES string of the molecule is Cc1ccc(CN2CC(O)CNC(C)C2)cc1. The van der Waals surface area contributed by atoms with Gasteiger partial charge in [0, 0.05) is 32.2 Å². The Bertz CT molecular complexity index is 338. The van der Waals surface area contributed by atoms with Crippen LogP contribution in [0.25, 0.3) is 0 Å². The summed E-state index contributed by atoms with van der Waals surface area (Å²) in [5.41, 5.74) is 2.61. The molecule has 0 radical (unpaired) electrons. The van der Waals surface area contributed by atoms with Gasteiger partial charge in [0.15, 0.2) is 0 Å². The molecule has 0 bridgehead atoms. The second-order valence-electron chi connectivity index (χ2n) is 5.14. The maximum Gasteiger partial charge on any atom is 0.0791 e. The van der Waals surface area contributed by atoms with Crippen LogP contribution in [0.4, 0.5) is 0 Å². The Morgan fingerprint density at radius 1 is 1.29 bits per heavy atom. The molecule has 2 N–H and O–H groups in total. The molecular formula is C14H22N2O. The number of nitrogens with one attached hydrogen (secondary N) is 1. The first kappa shape index (κ1) is 12.6. The fourth-order valence-corrected chi connectivity index (χ4v) is 2.31. The molecule has 2 unspecified atom stereocenters. The summed E-state index contributed by atoms with van der Waals surface area (Å²) in [6.07, 6.45) is -0.259. The molecule has 3 heteroatoms. The zero-order valence-corrected chi connectivity index (χ0v) is 10.7. The number of aliphatic hydroxyl groups is 1. The molecule has 0 aromatic heterocycles. The van der Waals surface area contributed by atoms with Gasteiger partial charge in [0.05, 0.1) is 6.10 Å². The lowest BCUT2D eigenvalue weighted by molar-refractivity contribution is 0.127. The molecule has 0 saturated carbocycles. The Hall–Kier alpha value is -0.900. The standard InChI is InChI=1S/C14H22N2O/c1-11-3-5-13(6-4-11)9-16-8-12(2)15-7-14(17)10-16/h3-6,12,14-15,17H,7-10H2,1-2H3. The molecule has 3 nitrogen and oxygen atoms in total. The highest BCUT2D eigenvalue weighted by atomic mass is 16.3. The van der Waals surface area contributed by atoms with Crippen LogP contribution in [-0.4, -0.2) is 41.8 Å². The zero-order chi connectivity index (χ0) is 12.3. The molecule has 1 aliphatic rings. The summed E-state index contributed by atoms with van der Waals surface area (Å²) >= 11 is 0. The van der Waals surface area contributed by atoms with Gasteiger partial charge in [0.2, 0.25) is 0 Å². The molecule has 1 fully saturated rings. The van der Waals surface area contributed by atoms with Crippen molar-refractivity contribution in [2.24, 2.45) is 0 Å². The Morgan fingerprint density at radius 2 is 2.00 bits per heavy atom. The normalized spacial score (nSPS) is 26.8. The molecule has 1 heterocycles. The van der Waals surface area contributed by atoms with E-state index < -0.39 is 0 Å². The monoisotopic (exact) mass is 234 g/mol. The first-order valence-corrected chi connectivity index (χ1v) is 6.33. The van der Waals surface area contributed by atoms with E-state index >= 15 is 0 Å². The smallest absolute Gasteiger partial charge is 0.0791 e. The third-order valence-electron chi connectivity index (χ3n) is 3.23. The summed E-state index contributed by atoms with van der Waals surface area (Å²) in [6.45, 7) is 7.64. The quantitative estimate of drug-likeness (QED) is 0.806. The van der Waals surface area contributed by atoms with Crippen molar-refractivity contribution in [3.8, 4) is 0 Å². The van der Waals surface area contributed by atoms with Crippen molar-refractivity contribution in [1.29, 1.82) is 0 Å². The Labute approximate surface area is 103 Å². The van der Waals surface area contributed by atoms with Gasteiger partial charge in [-0.05, 0) is 19.4 Å². The van der Waals surface area contributed by atoms with Crippen LogP contribution < -0.4 is 5.32 Å². The van der Waals surface area contributed by atoms with Gasteiger partial charge in [-0.1, -0.05) is 29.8 Å². The van der Waals surface area contributed by atoms with E-state index in [0.29, 0.717) is 12.6 Å². The second kappa shape index (κ2) is 5.63. The van der Waals surface area contributed by atoms with Crippen LogP contribution in [0.2, 0.25) is 0 Å². The summed E-state index contributed by atoms with van der Waals surface area (Å²) in [4.78, 5) is 2.32. The lowest BCUT2D eigenvalue weighted by Crippen LogP contribution is -2.34. The minimum Gasteiger partial charge on any atom is -0.390 e. The summed E-state index contributed by atoms with van der Waals surface area (Å²) < 4.78 is 0. The lowest BCUT2D eigenvalue weighted by Gasteiger charge is -2.23. The van der Waals surface area contributed by atoms with E-state index in [4.69, 9.17) is 0 Å². The highest BCUT2D eigenvalue weighted by Crippen LogP contribution is 2.09. The average molecular weight is 234 g/mol. The number of aryl methyl sites for hydroxylation is 1. The second-order valence-corrected chi connectivity index (χ2v) is 5.14. The van der Waals surface area contributed by atoms with E-state index in [9.17, 15) is 5.11 Å². The first-order valence-electron chi connectivity index (χ1n) is 6.33. The molecular weight excluding hydrogens is 212 g/mol. The maximum atomic E-state index is 9.80. The van der Waals surface area contributed by atoms with Crippen LogP contribution in [0.5, 0.6) is 0 Å². The molecule has 1 aromatic carbocycles. The van der Waals surface area contributed by atoms with Gasteiger partial charge in [-0.3, -0.25) is 4.90 Å². The van der Waals surface area contributed by atoms with Gasteiger partial charge in [-0.25, -0.2) is 0 Å². The molecule has 1 aromatic rings. The number of benzene rings is 1. The molecule has 0 spiro atoms. The molecule has 0 amide bonds. The van der Waals surface area contributed by atoms with Gasteiger partial charge in [-0.15, -0.1) is 0 Å². The first-order chi connectivity index (χ1) is 8.13. The van der Waals surface area contributed by atoms with Crippen LogP contribution in [0.3, 0.4) is 0 Å². The number of nitrogens with zero attached hydrogens (tertiary/aromatic N) is 1. The van der Waals surface area contributed by atoms with Crippen molar-refractivity contribution in [1.82, 2.24) is 10.2 Å². The Balaban J connectivity index is 1.98. The molecule has 17 heavy (non-hydrogen) atoms. The van der Waals surface area contributed by atoms with Crippen molar-refractivity contribution >= 4 is 0 Å². The van der Waals surface area contributed by atoms with Gasteiger partial charge < -0.3 is 10.4 Å². The highest BCUT2D eigenvalue weighted by Gasteiger charge is 2.19. The molecule has 94 valence electrons. The number of hydrogen-bond acceptors (Lipinski definition) is 3. The minimum atomic E-state index is -0.259. The minimum absolute atomic E-state index is 0.259. The summed E-state index contributed by atoms with van der Waals surface area (Å²) in [7, 11) is 0. The van der Waals surface area contributed by atoms with Crippen molar-refractivity contribution in [2.75, 3.05) is 19.6 Å². The third kappa shape index (κ3) is 3.80. The third-order valence-corrected chi connectivity index (χ3v) is 3.23. The van der Waals surface area contributed by atoms with Gasteiger partial charge in [0.1, 0.15) is 0 Å². The molecule has 0 aliphatic carbocycles. The van der Waals surface area contributed by atoms with Gasteiger partial charge in [0.25, 0.3) is 0 Å². The van der Waals surface area contributed by atoms with Crippen LogP contribution >= 0.6 is 0 Å². The average Bonchev–Trinajstić information content (AvgIpc) is 2.44. The van der Waals surface area contributed by atoms with E-state index in [1.165, 1.54) is 11.1 Å². The number of rotatable bonds is 2. The predicted octanol–water partition coefficient (Wildman–Crippen LogP) is 1.15. The van der Waals surface area contributed by atoms with E-state index in [1.807, 2.05) is 0 Å². The van der Waals surface area contributed by atoms with Gasteiger partial charge >= 0.3 is 0 Å². The molecule has 1 aliphatic heterocycles. The van der Waals surface area contributed by atoms with E-state index in [-0.39, 0.29) is 6.10 Å². The lowest BCUT2D eigenvalue weighted by atomic mass is 10.1. The molecule has 1 saturated heterocycles. The topological polar surface area (TPSA) is 35.5 Å². The fourth-order valence-electron chi connectivity index (χ4n) is 2.31. The van der Waals surface area contributed by atoms with Crippen molar-refractivity contribution in [3.63, 3.8) is 0 Å². The number of aliphatic hydroxyl groups excluding tert-OH is 1. The van der Waals surface area contributed by atoms with E-state index in [2.05, 4.69) is 48.3 Å². The summed E-state index contributed by atoms with van der Waals surface area (Å²) in [6, 6.07) is 9.07. The van der Waals surface area contributed by atoms with Crippen LogP contribution in [0, 0.1) is 6.92 Å². The highest BCUT2D eigenvalue weighted by molar-refractivity contribution is 5.21. The summed E-state index contributed by atoms with van der Waals surface area (Å²) in [5.74, 6) is 0.